The normalized spacial score (nSPS) is 13.6. The molecule has 3 rings (SSSR count). The Morgan fingerprint density at radius 1 is 1.38 bits per heavy atom. The quantitative estimate of drug-likeness (QED) is 0.832. The molecule has 21 heavy (non-hydrogen) atoms. The van der Waals surface area contributed by atoms with Crippen molar-refractivity contribution in [2.24, 2.45) is 0 Å². The van der Waals surface area contributed by atoms with Crippen LogP contribution < -0.4 is 10.2 Å². The highest BCUT2D eigenvalue weighted by Gasteiger charge is 2.25. The zero-order chi connectivity index (χ0) is 15.0. The van der Waals surface area contributed by atoms with Crippen molar-refractivity contribution in [3.8, 4) is 11.3 Å². The number of nitrogens with zero attached hydrogens (tertiary/aromatic N) is 4. The van der Waals surface area contributed by atoms with Crippen LogP contribution in [0, 0.1) is 0 Å². The molecule has 8 heteroatoms. The van der Waals surface area contributed by atoms with Gasteiger partial charge >= 0.3 is 5.97 Å². The number of anilines is 2. The second-order valence-electron chi connectivity index (χ2n) is 4.59. The van der Waals surface area contributed by atoms with Crippen molar-refractivity contribution in [3.63, 3.8) is 0 Å². The maximum atomic E-state index is 11.5. The van der Waals surface area contributed by atoms with Gasteiger partial charge in [-0.15, -0.1) is 0 Å². The van der Waals surface area contributed by atoms with Gasteiger partial charge in [0, 0.05) is 25.0 Å². The summed E-state index contributed by atoms with van der Waals surface area (Å²) >= 11 is 0. The Hall–Kier alpha value is -3.03. The van der Waals surface area contributed by atoms with E-state index in [1.165, 1.54) is 24.8 Å². The monoisotopic (exact) mass is 285 g/mol. The Balaban J connectivity index is 2.16. The molecule has 3 heterocycles. The SMILES string of the molecule is CN1CC(=O)Nc2ncnc(-c3cncc(C(=O)O)c3)c21. The smallest absolute Gasteiger partial charge is 0.337 e. The first kappa shape index (κ1) is 13.0. The van der Waals surface area contributed by atoms with E-state index >= 15 is 0 Å². The molecule has 0 saturated carbocycles. The first-order chi connectivity index (χ1) is 10.1. The highest BCUT2D eigenvalue weighted by molar-refractivity contribution is 6.02. The summed E-state index contributed by atoms with van der Waals surface area (Å²) in [5.74, 6) is -0.819. The molecule has 2 aromatic heterocycles. The number of rotatable bonds is 2. The lowest BCUT2D eigenvalue weighted by Crippen LogP contribution is -2.36. The van der Waals surface area contributed by atoms with Gasteiger partial charge in [0.05, 0.1) is 12.1 Å². The molecule has 0 spiro atoms. The van der Waals surface area contributed by atoms with Crippen molar-refractivity contribution >= 4 is 23.4 Å². The first-order valence-electron chi connectivity index (χ1n) is 6.11. The summed E-state index contributed by atoms with van der Waals surface area (Å²) in [7, 11) is 1.75. The molecule has 2 N–H and O–H groups in total. The van der Waals surface area contributed by atoms with E-state index in [2.05, 4.69) is 20.3 Å². The topological polar surface area (TPSA) is 108 Å². The molecule has 0 aromatic carbocycles. The summed E-state index contributed by atoms with van der Waals surface area (Å²) < 4.78 is 0. The predicted octanol–water partition coefficient (Wildman–Crippen LogP) is 0.625. The van der Waals surface area contributed by atoms with Crippen molar-refractivity contribution < 1.29 is 14.7 Å². The van der Waals surface area contributed by atoms with Gasteiger partial charge in [0.1, 0.15) is 17.7 Å². The number of aromatic nitrogens is 3. The molecule has 0 bridgehead atoms. The molecular formula is C13H11N5O3. The number of amides is 1. The molecule has 1 amide bonds. The molecule has 1 aliphatic rings. The number of hydrogen-bond donors (Lipinski definition) is 2. The van der Waals surface area contributed by atoms with Crippen LogP contribution in [0.5, 0.6) is 0 Å². The number of carboxylic acids is 1. The summed E-state index contributed by atoms with van der Waals surface area (Å²) in [6.07, 6.45) is 4.12. The molecule has 2 aromatic rings. The molecule has 0 unspecified atom stereocenters. The van der Waals surface area contributed by atoms with E-state index in [1.54, 1.807) is 11.9 Å². The van der Waals surface area contributed by atoms with Gasteiger partial charge in [-0.05, 0) is 6.07 Å². The van der Waals surface area contributed by atoms with Crippen LogP contribution in [-0.2, 0) is 4.79 Å². The van der Waals surface area contributed by atoms with Crippen molar-refractivity contribution in [2.75, 3.05) is 23.8 Å². The number of likely N-dealkylation sites (N-methyl/N-ethyl adjacent to an activating group) is 1. The molecule has 0 saturated heterocycles. The van der Waals surface area contributed by atoms with Crippen LogP contribution in [-0.4, -0.2) is 45.5 Å². The molecule has 0 atom stereocenters. The molecule has 0 aliphatic carbocycles. The Kier molecular flexibility index (Phi) is 2.98. The van der Waals surface area contributed by atoms with E-state index < -0.39 is 5.97 Å². The third-order valence-electron chi connectivity index (χ3n) is 3.10. The Bertz CT molecular complexity index is 746. The second-order valence-corrected chi connectivity index (χ2v) is 4.59. The molecule has 0 fully saturated rings. The summed E-state index contributed by atoms with van der Waals surface area (Å²) in [6, 6.07) is 1.49. The van der Waals surface area contributed by atoms with E-state index in [1.807, 2.05) is 0 Å². The van der Waals surface area contributed by atoms with Gasteiger partial charge in [-0.2, -0.15) is 0 Å². The minimum atomic E-state index is -1.06. The third kappa shape index (κ3) is 2.27. The zero-order valence-electron chi connectivity index (χ0n) is 11.1. The average molecular weight is 285 g/mol. The number of nitrogens with one attached hydrogen (secondary N) is 1. The van der Waals surface area contributed by atoms with E-state index in [0.717, 1.165) is 0 Å². The van der Waals surface area contributed by atoms with Gasteiger partial charge in [-0.1, -0.05) is 0 Å². The van der Waals surface area contributed by atoms with Gasteiger partial charge in [0.25, 0.3) is 0 Å². The van der Waals surface area contributed by atoms with Gasteiger partial charge in [0.2, 0.25) is 5.91 Å². The lowest BCUT2D eigenvalue weighted by atomic mass is 10.1. The largest absolute Gasteiger partial charge is 0.478 e. The van der Waals surface area contributed by atoms with Crippen molar-refractivity contribution in [3.05, 3.63) is 30.4 Å². The van der Waals surface area contributed by atoms with Gasteiger partial charge < -0.3 is 15.3 Å². The van der Waals surface area contributed by atoms with Crippen molar-refractivity contribution in [1.82, 2.24) is 15.0 Å². The van der Waals surface area contributed by atoms with Crippen molar-refractivity contribution in [2.45, 2.75) is 0 Å². The third-order valence-corrected chi connectivity index (χ3v) is 3.10. The molecule has 8 nitrogen and oxygen atoms in total. The lowest BCUT2D eigenvalue weighted by Gasteiger charge is -2.27. The highest BCUT2D eigenvalue weighted by Crippen LogP contribution is 2.35. The zero-order valence-corrected chi connectivity index (χ0v) is 11.1. The van der Waals surface area contributed by atoms with Gasteiger partial charge in [-0.3, -0.25) is 9.78 Å². The van der Waals surface area contributed by atoms with Crippen LogP contribution in [0.3, 0.4) is 0 Å². The Labute approximate surface area is 119 Å². The van der Waals surface area contributed by atoms with Crippen LogP contribution >= 0.6 is 0 Å². The average Bonchev–Trinajstić information content (AvgIpc) is 2.46. The van der Waals surface area contributed by atoms with Crippen LogP contribution in [0.15, 0.2) is 24.8 Å². The number of aromatic carboxylic acids is 1. The minimum absolute atomic E-state index is 0.0716. The lowest BCUT2D eigenvalue weighted by molar-refractivity contribution is -0.115. The standard InChI is InChI=1S/C13H11N5O3/c1-18-5-9(19)17-12-11(18)10(15-6-16-12)7-2-8(13(20)21)4-14-3-7/h2-4,6H,5H2,1H3,(H,20,21)(H,15,16,17,19). The molecule has 1 aliphatic heterocycles. The van der Waals surface area contributed by atoms with Gasteiger partial charge in [-0.25, -0.2) is 14.8 Å². The first-order valence-corrected chi connectivity index (χ1v) is 6.11. The van der Waals surface area contributed by atoms with Gasteiger partial charge in [0.15, 0.2) is 5.82 Å². The summed E-state index contributed by atoms with van der Waals surface area (Å²) in [5.41, 5.74) is 1.79. The van der Waals surface area contributed by atoms with E-state index in [-0.39, 0.29) is 18.0 Å². The number of pyridine rings is 1. The van der Waals surface area contributed by atoms with Crippen LogP contribution in [0.4, 0.5) is 11.5 Å². The fourth-order valence-electron chi connectivity index (χ4n) is 2.20. The number of fused-ring (bicyclic) bond motifs is 1. The maximum absolute atomic E-state index is 11.5. The summed E-state index contributed by atoms with van der Waals surface area (Å²) in [6.45, 7) is 0.180. The highest BCUT2D eigenvalue weighted by atomic mass is 16.4. The summed E-state index contributed by atoms with van der Waals surface area (Å²) in [4.78, 5) is 36.5. The van der Waals surface area contributed by atoms with E-state index in [9.17, 15) is 9.59 Å². The Morgan fingerprint density at radius 2 is 2.19 bits per heavy atom. The summed E-state index contributed by atoms with van der Waals surface area (Å²) in [5, 5.41) is 11.7. The molecule has 0 radical (unpaired) electrons. The number of carbonyl (C=O) groups excluding carboxylic acids is 1. The molecular weight excluding hydrogens is 274 g/mol. The molecule has 106 valence electrons. The van der Waals surface area contributed by atoms with Crippen LogP contribution in [0.2, 0.25) is 0 Å². The number of carbonyl (C=O) groups is 2. The van der Waals surface area contributed by atoms with Crippen molar-refractivity contribution in [1.29, 1.82) is 0 Å². The van der Waals surface area contributed by atoms with E-state index in [0.29, 0.717) is 22.8 Å². The second kappa shape index (κ2) is 4.82. The number of carboxylic acid groups (broad SMARTS) is 1. The maximum Gasteiger partial charge on any atom is 0.337 e. The fraction of sp³-hybridized carbons (Fsp3) is 0.154. The fourth-order valence-corrected chi connectivity index (χ4v) is 2.20. The Morgan fingerprint density at radius 3 is 2.95 bits per heavy atom. The number of hydrogen-bond acceptors (Lipinski definition) is 6. The minimum Gasteiger partial charge on any atom is -0.478 e. The van der Waals surface area contributed by atoms with E-state index in [4.69, 9.17) is 5.11 Å². The predicted molar refractivity (Wildman–Crippen MR) is 74.1 cm³/mol. The van der Waals surface area contributed by atoms with Crippen LogP contribution in [0.25, 0.3) is 11.3 Å². The van der Waals surface area contributed by atoms with Crippen LogP contribution in [0.1, 0.15) is 10.4 Å².